The maximum absolute atomic E-state index is 3.79. The van der Waals surface area contributed by atoms with E-state index >= 15 is 0 Å². The molecule has 0 amide bonds. The van der Waals surface area contributed by atoms with Gasteiger partial charge in [0.15, 0.2) is 0 Å². The van der Waals surface area contributed by atoms with Gasteiger partial charge in [0.2, 0.25) is 0 Å². The van der Waals surface area contributed by atoms with Gasteiger partial charge in [-0.1, -0.05) is 36.9 Å². The van der Waals surface area contributed by atoms with Gasteiger partial charge in [0.1, 0.15) is 0 Å². The fraction of sp³-hybridized carbons (Fsp3) is 0.100. The summed E-state index contributed by atoms with van der Waals surface area (Å²) in [7, 11) is 0. The summed E-state index contributed by atoms with van der Waals surface area (Å²) in [5.41, 5.74) is 2.43. The van der Waals surface area contributed by atoms with Gasteiger partial charge in [0, 0.05) is 0 Å². The first-order valence-corrected chi connectivity index (χ1v) is 3.37. The summed E-state index contributed by atoms with van der Waals surface area (Å²) in [6.45, 7) is 7.46. The lowest BCUT2D eigenvalue weighted by atomic mass is 10.1. The van der Waals surface area contributed by atoms with Crippen LogP contribution in [-0.2, 0) is 6.42 Å². The molecular weight excluding hydrogens is 120 g/mol. The SMILES string of the molecule is [CH2]Cc1ccc(C=C)cc1. The lowest BCUT2D eigenvalue weighted by molar-refractivity contribution is 1.27. The molecule has 0 bridgehead atoms. The topological polar surface area (TPSA) is 0 Å². The molecule has 1 radical (unpaired) electrons. The van der Waals surface area contributed by atoms with E-state index in [1.165, 1.54) is 5.56 Å². The van der Waals surface area contributed by atoms with Gasteiger partial charge in [-0.3, -0.25) is 0 Å². The van der Waals surface area contributed by atoms with E-state index in [2.05, 4.69) is 25.6 Å². The summed E-state index contributed by atoms with van der Waals surface area (Å²) in [6.07, 6.45) is 2.70. The largest absolute Gasteiger partial charge is 0.0985 e. The van der Waals surface area contributed by atoms with Gasteiger partial charge in [0.05, 0.1) is 0 Å². The average Bonchev–Trinajstić information content (AvgIpc) is 2.05. The van der Waals surface area contributed by atoms with Gasteiger partial charge >= 0.3 is 0 Å². The minimum atomic E-state index is 0.859. The quantitative estimate of drug-likeness (QED) is 0.579. The molecule has 0 N–H and O–H groups in total. The Morgan fingerprint density at radius 2 is 1.80 bits per heavy atom. The Morgan fingerprint density at radius 1 is 1.20 bits per heavy atom. The molecule has 0 nitrogen and oxygen atoms in total. The Labute approximate surface area is 62.2 Å². The third kappa shape index (κ3) is 1.47. The van der Waals surface area contributed by atoms with Crippen molar-refractivity contribution in [1.82, 2.24) is 0 Å². The normalized spacial score (nSPS) is 9.30. The van der Waals surface area contributed by atoms with Crippen molar-refractivity contribution in [1.29, 1.82) is 0 Å². The summed E-state index contributed by atoms with van der Waals surface area (Å²) in [6, 6.07) is 8.25. The molecular formula is C10H11. The molecule has 0 unspecified atom stereocenters. The van der Waals surface area contributed by atoms with Crippen molar-refractivity contribution >= 4 is 6.08 Å². The van der Waals surface area contributed by atoms with Gasteiger partial charge in [-0.05, 0) is 24.5 Å². The lowest BCUT2D eigenvalue weighted by Crippen LogP contribution is -1.78. The van der Waals surface area contributed by atoms with Crippen molar-refractivity contribution in [3.63, 3.8) is 0 Å². The maximum Gasteiger partial charge on any atom is -0.0262 e. The Morgan fingerprint density at radius 3 is 2.20 bits per heavy atom. The molecule has 0 saturated carbocycles. The van der Waals surface area contributed by atoms with Crippen molar-refractivity contribution in [2.45, 2.75) is 6.42 Å². The van der Waals surface area contributed by atoms with E-state index in [9.17, 15) is 0 Å². The number of hydrogen-bond donors (Lipinski definition) is 0. The maximum atomic E-state index is 3.79. The van der Waals surface area contributed by atoms with E-state index in [1.54, 1.807) is 0 Å². The van der Waals surface area contributed by atoms with Crippen LogP contribution in [0.15, 0.2) is 30.8 Å². The van der Waals surface area contributed by atoms with Crippen LogP contribution in [0, 0.1) is 6.92 Å². The fourth-order valence-electron chi connectivity index (χ4n) is 0.820. The van der Waals surface area contributed by atoms with E-state index in [1.807, 2.05) is 18.2 Å². The third-order valence-electron chi connectivity index (χ3n) is 1.50. The van der Waals surface area contributed by atoms with E-state index < -0.39 is 0 Å². The van der Waals surface area contributed by atoms with Crippen molar-refractivity contribution in [2.24, 2.45) is 0 Å². The molecule has 1 aromatic rings. The smallest absolute Gasteiger partial charge is 0.0262 e. The zero-order valence-corrected chi connectivity index (χ0v) is 6.01. The van der Waals surface area contributed by atoms with E-state index in [4.69, 9.17) is 0 Å². The van der Waals surface area contributed by atoms with Crippen LogP contribution in [0.5, 0.6) is 0 Å². The number of benzene rings is 1. The highest BCUT2D eigenvalue weighted by molar-refractivity contribution is 5.47. The van der Waals surface area contributed by atoms with Crippen LogP contribution in [-0.4, -0.2) is 0 Å². The lowest BCUT2D eigenvalue weighted by Gasteiger charge is -1.95. The summed E-state index contributed by atoms with van der Waals surface area (Å²) >= 11 is 0. The highest BCUT2D eigenvalue weighted by Gasteiger charge is 1.86. The van der Waals surface area contributed by atoms with Crippen molar-refractivity contribution in [3.8, 4) is 0 Å². The fourth-order valence-corrected chi connectivity index (χ4v) is 0.820. The van der Waals surface area contributed by atoms with Crippen LogP contribution in [0.4, 0.5) is 0 Å². The van der Waals surface area contributed by atoms with Crippen molar-refractivity contribution < 1.29 is 0 Å². The van der Waals surface area contributed by atoms with Gasteiger partial charge in [0.25, 0.3) is 0 Å². The van der Waals surface area contributed by atoms with Crippen LogP contribution in [0.2, 0.25) is 0 Å². The van der Waals surface area contributed by atoms with Crippen molar-refractivity contribution in [3.05, 3.63) is 48.9 Å². The van der Waals surface area contributed by atoms with Crippen LogP contribution < -0.4 is 0 Å². The molecule has 51 valence electrons. The standard InChI is InChI=1S/C10H11/c1-3-9-5-7-10(4-2)8-6-9/h3,5-8H,1-2,4H2. The molecule has 0 aliphatic heterocycles. The minimum Gasteiger partial charge on any atom is -0.0985 e. The molecule has 1 aromatic carbocycles. The Bertz CT molecular complexity index is 206. The molecule has 0 heterocycles. The predicted octanol–water partition coefficient (Wildman–Crippen LogP) is 2.71. The van der Waals surface area contributed by atoms with E-state index in [0.29, 0.717) is 0 Å². The molecule has 0 aliphatic carbocycles. The zero-order chi connectivity index (χ0) is 7.40. The molecule has 1 rings (SSSR count). The second-order valence-corrected chi connectivity index (χ2v) is 2.20. The summed E-state index contributed by atoms with van der Waals surface area (Å²) < 4.78 is 0. The molecule has 10 heavy (non-hydrogen) atoms. The predicted molar refractivity (Wildman–Crippen MR) is 45.6 cm³/mol. The Hall–Kier alpha value is -1.04. The van der Waals surface area contributed by atoms with Gasteiger partial charge in [-0.25, -0.2) is 0 Å². The van der Waals surface area contributed by atoms with Gasteiger partial charge < -0.3 is 0 Å². The van der Waals surface area contributed by atoms with Crippen LogP contribution in [0.25, 0.3) is 6.08 Å². The van der Waals surface area contributed by atoms with E-state index in [-0.39, 0.29) is 0 Å². The summed E-state index contributed by atoms with van der Waals surface area (Å²) in [5, 5.41) is 0. The van der Waals surface area contributed by atoms with Crippen molar-refractivity contribution in [2.75, 3.05) is 0 Å². The summed E-state index contributed by atoms with van der Waals surface area (Å²) in [4.78, 5) is 0. The second-order valence-electron chi connectivity index (χ2n) is 2.20. The molecule has 0 heteroatoms. The van der Waals surface area contributed by atoms with E-state index in [0.717, 1.165) is 12.0 Å². The number of hydrogen-bond acceptors (Lipinski definition) is 0. The first kappa shape index (κ1) is 7.07. The number of rotatable bonds is 2. The molecule has 0 fully saturated rings. The van der Waals surface area contributed by atoms with Gasteiger partial charge in [-0.15, -0.1) is 0 Å². The van der Waals surface area contributed by atoms with Gasteiger partial charge in [-0.2, -0.15) is 0 Å². The molecule has 0 atom stereocenters. The Balaban J connectivity index is 2.90. The monoisotopic (exact) mass is 131 g/mol. The molecule has 0 aliphatic rings. The first-order valence-electron chi connectivity index (χ1n) is 3.37. The van der Waals surface area contributed by atoms with Crippen LogP contribution in [0.1, 0.15) is 11.1 Å². The van der Waals surface area contributed by atoms with Crippen LogP contribution in [0.3, 0.4) is 0 Å². The highest BCUT2D eigenvalue weighted by atomic mass is 13.9. The second kappa shape index (κ2) is 3.21. The highest BCUT2D eigenvalue weighted by Crippen LogP contribution is 2.04. The summed E-state index contributed by atoms with van der Waals surface area (Å²) in [5.74, 6) is 0. The first-order chi connectivity index (χ1) is 4.86. The average molecular weight is 131 g/mol. The molecule has 0 saturated heterocycles. The minimum absolute atomic E-state index is 0.859. The van der Waals surface area contributed by atoms with Crippen LogP contribution >= 0.6 is 0 Å². The zero-order valence-electron chi connectivity index (χ0n) is 6.01. The Kier molecular flexibility index (Phi) is 2.27. The third-order valence-corrected chi connectivity index (χ3v) is 1.50. The molecule has 0 aromatic heterocycles. The molecule has 0 spiro atoms.